The van der Waals surface area contributed by atoms with Gasteiger partial charge in [0.05, 0.1) is 0 Å². The molecule has 0 unspecified atom stereocenters. The van der Waals surface area contributed by atoms with E-state index in [0.29, 0.717) is 5.11 Å². The summed E-state index contributed by atoms with van der Waals surface area (Å²) in [6.07, 6.45) is 0. The van der Waals surface area contributed by atoms with Gasteiger partial charge < -0.3 is 10.6 Å². The highest BCUT2D eigenvalue weighted by Crippen LogP contribution is 2.20. The Morgan fingerprint density at radius 1 is 1.00 bits per heavy atom. The van der Waals surface area contributed by atoms with E-state index in [1.807, 2.05) is 48.5 Å². The van der Waals surface area contributed by atoms with Gasteiger partial charge in [0.1, 0.15) is 0 Å². The summed E-state index contributed by atoms with van der Waals surface area (Å²) in [5.41, 5.74) is 3.13. The van der Waals surface area contributed by atoms with Crippen molar-refractivity contribution in [2.24, 2.45) is 0 Å². The van der Waals surface area contributed by atoms with Crippen LogP contribution in [0.4, 0.5) is 11.4 Å². The molecule has 2 rings (SSSR count). The first-order chi connectivity index (χ1) is 8.65. The van der Waals surface area contributed by atoms with Gasteiger partial charge in [0.15, 0.2) is 5.11 Å². The van der Waals surface area contributed by atoms with Crippen molar-refractivity contribution in [3.63, 3.8) is 0 Å². The highest BCUT2D eigenvalue weighted by Gasteiger charge is 2.00. The minimum atomic E-state index is 0.581. The summed E-state index contributed by atoms with van der Waals surface area (Å²) in [6.45, 7) is 2.05. The topological polar surface area (TPSA) is 24.1 Å². The van der Waals surface area contributed by atoms with Gasteiger partial charge in [-0.2, -0.15) is 0 Å². The fraction of sp³-hybridized carbons (Fsp3) is 0.0714. The molecule has 92 valence electrons. The van der Waals surface area contributed by atoms with Crippen LogP contribution in [0.25, 0.3) is 0 Å². The molecule has 0 aliphatic heterocycles. The molecule has 0 amide bonds. The van der Waals surface area contributed by atoms with Crippen molar-refractivity contribution < 1.29 is 0 Å². The van der Waals surface area contributed by atoms with Crippen LogP contribution in [0.5, 0.6) is 0 Å². The number of aryl methyl sites for hydroxylation is 1. The summed E-state index contributed by atoms with van der Waals surface area (Å²) in [5.74, 6) is 0. The minimum Gasteiger partial charge on any atom is -0.332 e. The quantitative estimate of drug-likeness (QED) is 0.793. The number of para-hydroxylation sites is 1. The molecular formula is C14H13BrN2S. The minimum absolute atomic E-state index is 0.581. The number of anilines is 2. The van der Waals surface area contributed by atoms with E-state index in [0.717, 1.165) is 15.8 Å². The fourth-order valence-electron chi connectivity index (χ4n) is 1.49. The highest BCUT2D eigenvalue weighted by molar-refractivity contribution is 9.10. The third-order valence-electron chi connectivity index (χ3n) is 2.46. The number of hydrogen-bond donors (Lipinski definition) is 2. The lowest BCUT2D eigenvalue weighted by atomic mass is 10.2. The van der Waals surface area contributed by atoms with Gasteiger partial charge in [0, 0.05) is 15.8 Å². The second kappa shape index (κ2) is 5.98. The number of thiocarbonyl (C=S) groups is 1. The number of hydrogen-bond acceptors (Lipinski definition) is 1. The maximum absolute atomic E-state index is 5.26. The molecule has 2 aromatic carbocycles. The van der Waals surface area contributed by atoms with Crippen LogP contribution in [0.2, 0.25) is 0 Å². The number of benzene rings is 2. The summed E-state index contributed by atoms with van der Waals surface area (Å²) in [6, 6.07) is 15.9. The second-order valence-electron chi connectivity index (χ2n) is 3.91. The molecule has 0 aromatic heterocycles. The van der Waals surface area contributed by atoms with Crippen LogP contribution in [0.1, 0.15) is 5.56 Å². The normalized spacial score (nSPS) is 9.89. The van der Waals surface area contributed by atoms with E-state index in [1.54, 1.807) is 0 Å². The van der Waals surface area contributed by atoms with Crippen LogP contribution in [0.3, 0.4) is 0 Å². The first kappa shape index (κ1) is 13.1. The van der Waals surface area contributed by atoms with Crippen LogP contribution in [0, 0.1) is 6.92 Å². The molecule has 2 aromatic rings. The van der Waals surface area contributed by atoms with E-state index in [1.165, 1.54) is 5.56 Å². The van der Waals surface area contributed by atoms with Crippen molar-refractivity contribution in [2.75, 3.05) is 10.6 Å². The molecule has 2 N–H and O–H groups in total. The molecule has 0 aliphatic rings. The largest absolute Gasteiger partial charge is 0.332 e. The Bertz CT molecular complexity index is 555. The van der Waals surface area contributed by atoms with Gasteiger partial charge in [-0.3, -0.25) is 0 Å². The lowest BCUT2D eigenvalue weighted by Gasteiger charge is -2.11. The van der Waals surface area contributed by atoms with E-state index in [-0.39, 0.29) is 0 Å². The average Bonchev–Trinajstić information content (AvgIpc) is 2.35. The molecule has 0 heterocycles. The van der Waals surface area contributed by atoms with Crippen molar-refractivity contribution in [1.29, 1.82) is 0 Å². The number of nitrogens with one attached hydrogen (secondary N) is 2. The molecule has 0 aliphatic carbocycles. The average molecular weight is 321 g/mol. The Kier molecular flexibility index (Phi) is 4.33. The zero-order valence-corrected chi connectivity index (χ0v) is 12.3. The standard InChI is InChI=1S/C14H13BrN2S/c1-10-7-8-12(9-13(10)15)17-14(18)16-11-5-3-2-4-6-11/h2-9H,1H3,(H2,16,17,18). The monoisotopic (exact) mass is 320 g/mol. The van der Waals surface area contributed by atoms with Crippen LogP contribution in [-0.4, -0.2) is 5.11 Å². The van der Waals surface area contributed by atoms with Gasteiger partial charge in [-0.05, 0) is 49.0 Å². The van der Waals surface area contributed by atoms with Gasteiger partial charge in [-0.15, -0.1) is 0 Å². The lowest BCUT2D eigenvalue weighted by molar-refractivity contribution is 1.43. The summed E-state index contributed by atoms with van der Waals surface area (Å²) < 4.78 is 1.06. The highest BCUT2D eigenvalue weighted by atomic mass is 79.9. The SMILES string of the molecule is Cc1ccc(NC(=S)Nc2ccccc2)cc1Br. The Morgan fingerprint density at radius 3 is 2.33 bits per heavy atom. The summed E-state index contributed by atoms with van der Waals surface area (Å²) in [5, 5.41) is 6.86. The zero-order chi connectivity index (χ0) is 13.0. The molecule has 0 spiro atoms. The first-order valence-electron chi connectivity index (χ1n) is 5.54. The Hall–Kier alpha value is -1.39. The summed E-state index contributed by atoms with van der Waals surface area (Å²) in [7, 11) is 0. The lowest BCUT2D eigenvalue weighted by Crippen LogP contribution is -2.18. The Morgan fingerprint density at radius 2 is 1.67 bits per heavy atom. The van der Waals surface area contributed by atoms with Gasteiger partial charge >= 0.3 is 0 Å². The zero-order valence-electron chi connectivity index (χ0n) is 9.91. The van der Waals surface area contributed by atoms with E-state index in [9.17, 15) is 0 Å². The third-order valence-corrected chi connectivity index (χ3v) is 3.52. The van der Waals surface area contributed by atoms with E-state index >= 15 is 0 Å². The van der Waals surface area contributed by atoms with Crippen molar-refractivity contribution in [1.82, 2.24) is 0 Å². The molecule has 0 radical (unpaired) electrons. The number of rotatable bonds is 2. The molecule has 4 heteroatoms. The third kappa shape index (κ3) is 3.55. The molecule has 0 saturated carbocycles. The van der Waals surface area contributed by atoms with Crippen LogP contribution in [-0.2, 0) is 0 Å². The molecular weight excluding hydrogens is 308 g/mol. The first-order valence-corrected chi connectivity index (χ1v) is 6.74. The van der Waals surface area contributed by atoms with Crippen molar-refractivity contribution in [3.05, 3.63) is 58.6 Å². The predicted octanol–water partition coefficient (Wildman–Crippen LogP) is 4.57. The van der Waals surface area contributed by atoms with Crippen LogP contribution in [0.15, 0.2) is 53.0 Å². The Labute approximate surface area is 121 Å². The molecule has 0 bridgehead atoms. The van der Waals surface area contributed by atoms with E-state index in [4.69, 9.17) is 12.2 Å². The van der Waals surface area contributed by atoms with Gasteiger partial charge in [-0.25, -0.2) is 0 Å². The maximum atomic E-state index is 5.26. The van der Waals surface area contributed by atoms with E-state index in [2.05, 4.69) is 33.5 Å². The Balaban J connectivity index is 2.01. The van der Waals surface area contributed by atoms with Crippen LogP contribution >= 0.6 is 28.1 Å². The predicted molar refractivity (Wildman–Crippen MR) is 85.2 cm³/mol. The summed E-state index contributed by atoms with van der Waals surface area (Å²) >= 11 is 8.76. The van der Waals surface area contributed by atoms with E-state index < -0.39 is 0 Å². The van der Waals surface area contributed by atoms with Gasteiger partial charge in [0.2, 0.25) is 0 Å². The fourth-order valence-corrected chi connectivity index (χ4v) is 2.10. The smallest absolute Gasteiger partial charge is 0.175 e. The van der Waals surface area contributed by atoms with Gasteiger partial charge in [-0.1, -0.05) is 40.2 Å². The maximum Gasteiger partial charge on any atom is 0.175 e. The molecule has 18 heavy (non-hydrogen) atoms. The second-order valence-corrected chi connectivity index (χ2v) is 5.17. The molecule has 0 atom stereocenters. The summed E-state index contributed by atoms with van der Waals surface area (Å²) in [4.78, 5) is 0. The number of halogens is 1. The van der Waals surface area contributed by atoms with Crippen LogP contribution < -0.4 is 10.6 Å². The van der Waals surface area contributed by atoms with Crippen molar-refractivity contribution in [3.8, 4) is 0 Å². The molecule has 0 saturated heterocycles. The van der Waals surface area contributed by atoms with Crippen molar-refractivity contribution in [2.45, 2.75) is 6.92 Å². The van der Waals surface area contributed by atoms with Crippen molar-refractivity contribution >= 4 is 44.6 Å². The molecule has 2 nitrogen and oxygen atoms in total. The molecule has 0 fully saturated rings. The van der Waals surface area contributed by atoms with Gasteiger partial charge in [0.25, 0.3) is 0 Å².